The summed E-state index contributed by atoms with van der Waals surface area (Å²) in [6.45, 7) is 0. The number of rotatable bonds is 6. The SMILES string of the molecule is COc1cccc(C(=O)CCC(N)c2ccccc2)c1F. The van der Waals surface area contributed by atoms with E-state index in [0.29, 0.717) is 6.42 Å². The summed E-state index contributed by atoms with van der Waals surface area (Å²) in [7, 11) is 1.37. The van der Waals surface area contributed by atoms with Gasteiger partial charge in [0.25, 0.3) is 0 Å². The lowest BCUT2D eigenvalue weighted by atomic mass is 9.98. The van der Waals surface area contributed by atoms with Crippen molar-refractivity contribution in [2.24, 2.45) is 5.73 Å². The van der Waals surface area contributed by atoms with Gasteiger partial charge in [0.05, 0.1) is 12.7 Å². The second-order valence-electron chi connectivity index (χ2n) is 4.80. The maximum absolute atomic E-state index is 14.0. The van der Waals surface area contributed by atoms with Crippen molar-refractivity contribution < 1.29 is 13.9 Å². The van der Waals surface area contributed by atoms with Crippen LogP contribution in [-0.4, -0.2) is 12.9 Å². The predicted molar refractivity (Wildman–Crippen MR) is 79.9 cm³/mol. The predicted octanol–water partition coefficient (Wildman–Crippen LogP) is 3.50. The first kappa shape index (κ1) is 15.2. The van der Waals surface area contributed by atoms with E-state index >= 15 is 0 Å². The van der Waals surface area contributed by atoms with Gasteiger partial charge in [0.1, 0.15) is 0 Å². The van der Waals surface area contributed by atoms with Gasteiger partial charge in [0, 0.05) is 12.5 Å². The number of carbonyl (C=O) groups is 1. The number of hydrogen-bond donors (Lipinski definition) is 1. The maximum atomic E-state index is 14.0. The van der Waals surface area contributed by atoms with Crippen molar-refractivity contribution in [1.29, 1.82) is 0 Å². The van der Waals surface area contributed by atoms with Crippen molar-refractivity contribution in [1.82, 2.24) is 0 Å². The molecule has 0 bridgehead atoms. The Bertz CT molecular complexity index is 613. The van der Waals surface area contributed by atoms with Gasteiger partial charge in [-0.15, -0.1) is 0 Å². The van der Waals surface area contributed by atoms with E-state index in [1.807, 2.05) is 30.3 Å². The van der Waals surface area contributed by atoms with Crippen LogP contribution in [0.2, 0.25) is 0 Å². The minimum absolute atomic E-state index is 0.0506. The molecule has 3 nitrogen and oxygen atoms in total. The lowest BCUT2D eigenvalue weighted by Crippen LogP contribution is -2.13. The molecule has 2 N–H and O–H groups in total. The molecule has 4 heteroatoms. The first-order chi connectivity index (χ1) is 10.1. The summed E-state index contributed by atoms with van der Waals surface area (Å²) in [5.74, 6) is -0.802. The van der Waals surface area contributed by atoms with Crippen molar-refractivity contribution in [3.63, 3.8) is 0 Å². The highest BCUT2D eigenvalue weighted by Gasteiger charge is 2.16. The molecule has 0 aromatic heterocycles. The number of halogens is 1. The zero-order valence-electron chi connectivity index (χ0n) is 11.9. The Hall–Kier alpha value is -2.20. The molecule has 0 heterocycles. The Labute approximate surface area is 123 Å². The smallest absolute Gasteiger partial charge is 0.175 e. The van der Waals surface area contributed by atoms with E-state index in [4.69, 9.17) is 10.5 Å². The Balaban J connectivity index is 2.02. The topological polar surface area (TPSA) is 52.3 Å². The van der Waals surface area contributed by atoms with Gasteiger partial charge in [-0.05, 0) is 24.1 Å². The highest BCUT2D eigenvalue weighted by molar-refractivity contribution is 5.96. The molecular weight excluding hydrogens is 269 g/mol. The maximum Gasteiger partial charge on any atom is 0.175 e. The number of ketones is 1. The lowest BCUT2D eigenvalue weighted by Gasteiger charge is -2.12. The monoisotopic (exact) mass is 287 g/mol. The van der Waals surface area contributed by atoms with Crippen LogP contribution in [0.3, 0.4) is 0 Å². The molecule has 0 saturated carbocycles. The molecule has 0 saturated heterocycles. The minimum Gasteiger partial charge on any atom is -0.494 e. The van der Waals surface area contributed by atoms with Gasteiger partial charge in [0.2, 0.25) is 0 Å². The van der Waals surface area contributed by atoms with E-state index in [2.05, 4.69) is 0 Å². The Morgan fingerprint density at radius 2 is 1.90 bits per heavy atom. The summed E-state index contributed by atoms with van der Waals surface area (Å²) < 4.78 is 18.9. The molecule has 21 heavy (non-hydrogen) atoms. The molecule has 0 radical (unpaired) electrons. The molecular formula is C17H18FNO2. The van der Waals surface area contributed by atoms with Gasteiger partial charge in [-0.3, -0.25) is 4.79 Å². The average Bonchev–Trinajstić information content (AvgIpc) is 2.53. The van der Waals surface area contributed by atoms with Crippen molar-refractivity contribution in [3.05, 3.63) is 65.5 Å². The number of hydrogen-bond acceptors (Lipinski definition) is 3. The standard InChI is InChI=1S/C17H18FNO2/c1-21-16-9-5-8-13(17(16)18)15(20)11-10-14(19)12-6-3-2-4-7-12/h2-9,14H,10-11,19H2,1H3. The van der Waals surface area contributed by atoms with Gasteiger partial charge >= 0.3 is 0 Å². The van der Waals surface area contributed by atoms with Crippen LogP contribution < -0.4 is 10.5 Å². The third-order valence-corrected chi connectivity index (χ3v) is 3.39. The molecule has 0 fully saturated rings. The number of Topliss-reactive ketones (excluding diaryl/α,β-unsaturated/α-hetero) is 1. The van der Waals surface area contributed by atoms with Crippen LogP contribution in [0.25, 0.3) is 0 Å². The molecule has 0 aliphatic carbocycles. The lowest BCUT2D eigenvalue weighted by molar-refractivity contribution is 0.0973. The highest BCUT2D eigenvalue weighted by atomic mass is 19.1. The Kier molecular flexibility index (Phi) is 5.06. The van der Waals surface area contributed by atoms with Gasteiger partial charge in [-0.25, -0.2) is 4.39 Å². The van der Waals surface area contributed by atoms with Crippen LogP contribution in [-0.2, 0) is 0 Å². The van der Waals surface area contributed by atoms with Crippen LogP contribution in [0.1, 0.15) is 34.8 Å². The van der Waals surface area contributed by atoms with Crippen LogP contribution in [0.15, 0.2) is 48.5 Å². The second kappa shape index (κ2) is 6.99. The van der Waals surface area contributed by atoms with Gasteiger partial charge in [-0.2, -0.15) is 0 Å². The quantitative estimate of drug-likeness (QED) is 0.827. The number of ether oxygens (including phenoxy) is 1. The van der Waals surface area contributed by atoms with Crippen molar-refractivity contribution in [2.45, 2.75) is 18.9 Å². The fraction of sp³-hybridized carbons (Fsp3) is 0.235. The zero-order valence-corrected chi connectivity index (χ0v) is 11.9. The van der Waals surface area contributed by atoms with Crippen LogP contribution in [0.4, 0.5) is 4.39 Å². The van der Waals surface area contributed by atoms with Gasteiger partial charge in [0.15, 0.2) is 17.3 Å². The molecule has 0 aliphatic rings. The van der Waals surface area contributed by atoms with Crippen LogP contribution in [0, 0.1) is 5.82 Å². The highest BCUT2D eigenvalue weighted by Crippen LogP contribution is 2.23. The van der Waals surface area contributed by atoms with E-state index in [-0.39, 0.29) is 29.6 Å². The summed E-state index contributed by atoms with van der Waals surface area (Å²) in [4.78, 5) is 12.1. The summed E-state index contributed by atoms with van der Waals surface area (Å²) in [6, 6.07) is 13.9. The first-order valence-corrected chi connectivity index (χ1v) is 6.79. The summed E-state index contributed by atoms with van der Waals surface area (Å²) in [5.41, 5.74) is 7.06. The van der Waals surface area contributed by atoms with E-state index in [1.165, 1.54) is 19.2 Å². The summed E-state index contributed by atoms with van der Waals surface area (Å²) in [6.07, 6.45) is 0.666. The second-order valence-corrected chi connectivity index (χ2v) is 4.80. The summed E-state index contributed by atoms with van der Waals surface area (Å²) in [5, 5.41) is 0. The molecule has 1 atom stereocenters. The van der Waals surface area contributed by atoms with E-state index in [0.717, 1.165) is 5.56 Å². The minimum atomic E-state index is -0.613. The fourth-order valence-electron chi connectivity index (χ4n) is 2.17. The molecule has 0 spiro atoms. The van der Waals surface area contributed by atoms with Gasteiger partial charge in [-0.1, -0.05) is 36.4 Å². The number of carbonyl (C=O) groups excluding carboxylic acids is 1. The van der Waals surface area contributed by atoms with Gasteiger partial charge < -0.3 is 10.5 Å². The van der Waals surface area contributed by atoms with Crippen molar-refractivity contribution in [3.8, 4) is 5.75 Å². The number of benzene rings is 2. The van der Waals surface area contributed by atoms with E-state index in [1.54, 1.807) is 6.07 Å². The number of nitrogens with two attached hydrogens (primary N) is 1. The molecule has 0 aliphatic heterocycles. The third-order valence-electron chi connectivity index (χ3n) is 3.39. The van der Waals surface area contributed by atoms with Crippen molar-refractivity contribution >= 4 is 5.78 Å². The zero-order chi connectivity index (χ0) is 15.2. The molecule has 2 aromatic rings. The summed E-state index contributed by atoms with van der Waals surface area (Å²) >= 11 is 0. The largest absolute Gasteiger partial charge is 0.494 e. The average molecular weight is 287 g/mol. The van der Waals surface area contributed by atoms with E-state index < -0.39 is 5.82 Å². The Morgan fingerprint density at radius 3 is 2.57 bits per heavy atom. The number of methoxy groups -OCH3 is 1. The Morgan fingerprint density at radius 1 is 1.19 bits per heavy atom. The molecule has 2 rings (SSSR count). The third kappa shape index (κ3) is 3.67. The molecule has 0 amide bonds. The van der Waals surface area contributed by atoms with E-state index in [9.17, 15) is 9.18 Å². The molecule has 110 valence electrons. The molecule has 2 aromatic carbocycles. The fourth-order valence-corrected chi connectivity index (χ4v) is 2.17. The normalized spacial score (nSPS) is 12.0. The van der Waals surface area contributed by atoms with Crippen molar-refractivity contribution in [2.75, 3.05) is 7.11 Å². The first-order valence-electron chi connectivity index (χ1n) is 6.79. The van der Waals surface area contributed by atoms with Crippen LogP contribution >= 0.6 is 0 Å². The van der Waals surface area contributed by atoms with Crippen LogP contribution in [0.5, 0.6) is 5.75 Å². The molecule has 1 unspecified atom stereocenters.